The maximum atomic E-state index is 13.1. The Morgan fingerprint density at radius 1 is 1.69 bits per heavy atom. The highest BCUT2D eigenvalue weighted by Crippen LogP contribution is 2.35. The van der Waals surface area contributed by atoms with Gasteiger partial charge < -0.3 is 9.84 Å². The van der Waals surface area contributed by atoms with E-state index in [1.807, 2.05) is 0 Å². The largest absolute Gasteiger partial charge is 0.502 e. The summed E-state index contributed by atoms with van der Waals surface area (Å²) in [6, 6.07) is 1.25. The molecule has 0 aromatic heterocycles. The number of benzene rings is 1. The highest BCUT2D eigenvalue weighted by atomic mass is 79.9. The Morgan fingerprint density at radius 3 is 2.77 bits per heavy atom. The lowest BCUT2D eigenvalue weighted by Gasteiger charge is -2.06. The molecule has 0 spiro atoms. The molecule has 0 aliphatic heterocycles. The number of rotatable bonds is 2. The molecule has 1 aromatic rings. The topological polar surface area (TPSA) is 46.5 Å². The lowest BCUT2D eigenvalue weighted by molar-refractivity contribution is 0.112. The number of aromatic hydroxyl groups is 1. The van der Waals surface area contributed by atoms with Crippen LogP contribution in [0.1, 0.15) is 10.4 Å². The van der Waals surface area contributed by atoms with Crippen LogP contribution in [0.25, 0.3) is 0 Å². The fourth-order valence-electron chi connectivity index (χ4n) is 0.853. The highest BCUT2D eigenvalue weighted by molar-refractivity contribution is 9.10. The summed E-state index contributed by atoms with van der Waals surface area (Å²) in [5.74, 6) is -1.58. The van der Waals surface area contributed by atoms with Gasteiger partial charge in [-0.05, 0) is 22.0 Å². The first-order valence-electron chi connectivity index (χ1n) is 3.32. The molecule has 0 aliphatic carbocycles. The summed E-state index contributed by atoms with van der Waals surface area (Å²) < 4.78 is 17.7. The second kappa shape index (κ2) is 3.74. The van der Waals surface area contributed by atoms with Crippen molar-refractivity contribution in [3.05, 3.63) is 21.9 Å². The Labute approximate surface area is 82.3 Å². The third-order valence-corrected chi connectivity index (χ3v) is 2.33. The lowest BCUT2D eigenvalue weighted by atomic mass is 10.2. The summed E-state index contributed by atoms with van der Waals surface area (Å²) in [6.07, 6.45) is 0.467. The minimum absolute atomic E-state index is 0.0669. The van der Waals surface area contributed by atoms with Crippen molar-refractivity contribution in [1.82, 2.24) is 0 Å². The van der Waals surface area contributed by atoms with Gasteiger partial charge in [0.05, 0.1) is 11.6 Å². The zero-order chi connectivity index (χ0) is 10.0. The number of hydrogen-bond donors (Lipinski definition) is 1. The van der Waals surface area contributed by atoms with Gasteiger partial charge in [0.15, 0.2) is 23.6 Å². The molecule has 1 N–H and O–H groups in total. The molecule has 0 atom stereocenters. The van der Waals surface area contributed by atoms with Crippen molar-refractivity contribution in [2.24, 2.45) is 0 Å². The van der Waals surface area contributed by atoms with E-state index in [-0.39, 0.29) is 15.8 Å². The van der Waals surface area contributed by atoms with E-state index in [4.69, 9.17) is 5.11 Å². The summed E-state index contributed by atoms with van der Waals surface area (Å²) in [5, 5.41) is 9.15. The van der Waals surface area contributed by atoms with Gasteiger partial charge in [0.1, 0.15) is 0 Å². The first-order valence-corrected chi connectivity index (χ1v) is 4.11. The monoisotopic (exact) mass is 248 g/mol. The van der Waals surface area contributed by atoms with Crippen molar-refractivity contribution < 1.29 is 19.0 Å². The first-order chi connectivity index (χ1) is 6.11. The molecule has 0 saturated heterocycles. The molecule has 0 radical (unpaired) electrons. The van der Waals surface area contributed by atoms with E-state index in [1.165, 1.54) is 13.2 Å². The van der Waals surface area contributed by atoms with E-state index >= 15 is 0 Å². The number of halogens is 2. The quantitative estimate of drug-likeness (QED) is 0.816. The maximum Gasteiger partial charge on any atom is 0.195 e. The van der Waals surface area contributed by atoms with Crippen LogP contribution in [0.4, 0.5) is 4.39 Å². The summed E-state index contributed by atoms with van der Waals surface area (Å²) in [7, 11) is 1.27. The third kappa shape index (κ3) is 1.65. The minimum atomic E-state index is -0.901. The molecular weight excluding hydrogens is 243 g/mol. The summed E-state index contributed by atoms with van der Waals surface area (Å²) >= 11 is 2.83. The predicted molar refractivity (Wildman–Crippen MR) is 47.7 cm³/mol. The molecule has 0 amide bonds. The molecule has 1 rings (SSSR count). The van der Waals surface area contributed by atoms with Gasteiger partial charge in [0.25, 0.3) is 0 Å². The van der Waals surface area contributed by atoms with Crippen LogP contribution in [-0.4, -0.2) is 18.5 Å². The Hall–Kier alpha value is -1.10. The zero-order valence-corrected chi connectivity index (χ0v) is 8.26. The van der Waals surface area contributed by atoms with Crippen LogP contribution in [0.5, 0.6) is 11.5 Å². The number of phenolic OH excluding ortho intramolecular Hbond substituents is 1. The molecule has 0 heterocycles. The van der Waals surface area contributed by atoms with Crippen molar-refractivity contribution in [2.75, 3.05) is 7.11 Å². The van der Waals surface area contributed by atoms with Gasteiger partial charge in [-0.2, -0.15) is 0 Å². The Kier molecular flexibility index (Phi) is 2.87. The molecule has 0 fully saturated rings. The van der Waals surface area contributed by atoms with Crippen molar-refractivity contribution >= 4 is 22.2 Å². The molecule has 70 valence electrons. The normalized spacial score (nSPS) is 9.77. The number of methoxy groups -OCH3 is 1. The number of ether oxygens (including phenoxy) is 1. The van der Waals surface area contributed by atoms with Crippen molar-refractivity contribution in [3.8, 4) is 11.5 Å². The van der Waals surface area contributed by atoms with Gasteiger partial charge in [0, 0.05) is 5.56 Å². The average Bonchev–Trinajstić information content (AvgIpc) is 2.15. The third-order valence-electron chi connectivity index (χ3n) is 1.52. The standard InChI is InChI=1S/C8H6BrFO3/c1-13-5-2-4(3-11)6(9)7(10)8(5)12/h2-3,12H,1H3. The summed E-state index contributed by atoms with van der Waals surface area (Å²) in [5.41, 5.74) is 0.0900. The molecule has 0 aliphatic rings. The number of aldehydes is 1. The van der Waals surface area contributed by atoms with Gasteiger partial charge in [-0.25, -0.2) is 4.39 Å². The van der Waals surface area contributed by atoms with Gasteiger partial charge >= 0.3 is 0 Å². The maximum absolute atomic E-state index is 13.1. The summed E-state index contributed by atoms with van der Waals surface area (Å²) in [4.78, 5) is 10.4. The van der Waals surface area contributed by atoms with Gasteiger partial charge in [-0.1, -0.05) is 0 Å². The zero-order valence-electron chi connectivity index (χ0n) is 6.67. The van der Waals surface area contributed by atoms with Crippen molar-refractivity contribution in [1.29, 1.82) is 0 Å². The predicted octanol–water partition coefficient (Wildman–Crippen LogP) is 2.11. The van der Waals surface area contributed by atoms with Crippen LogP contribution < -0.4 is 4.74 Å². The minimum Gasteiger partial charge on any atom is -0.502 e. The Bertz CT molecular complexity index is 352. The molecule has 1 aromatic carbocycles. The molecular formula is C8H6BrFO3. The van der Waals surface area contributed by atoms with E-state index in [0.29, 0.717) is 6.29 Å². The van der Waals surface area contributed by atoms with Gasteiger partial charge in [-0.3, -0.25) is 4.79 Å². The van der Waals surface area contributed by atoms with Crippen LogP contribution in [0.2, 0.25) is 0 Å². The van der Waals surface area contributed by atoms with E-state index in [0.717, 1.165) is 0 Å². The molecule has 13 heavy (non-hydrogen) atoms. The second-order valence-electron chi connectivity index (χ2n) is 2.26. The van der Waals surface area contributed by atoms with E-state index < -0.39 is 11.6 Å². The van der Waals surface area contributed by atoms with E-state index in [2.05, 4.69) is 20.7 Å². The smallest absolute Gasteiger partial charge is 0.195 e. The Morgan fingerprint density at radius 2 is 2.31 bits per heavy atom. The van der Waals surface area contributed by atoms with E-state index in [9.17, 15) is 9.18 Å². The number of carbonyl (C=O) groups excluding carboxylic acids is 1. The Balaban J connectivity index is 3.45. The number of phenols is 1. The lowest BCUT2D eigenvalue weighted by Crippen LogP contribution is -1.92. The number of carbonyl (C=O) groups is 1. The number of hydrogen-bond acceptors (Lipinski definition) is 3. The van der Waals surface area contributed by atoms with Crippen LogP contribution in [0.3, 0.4) is 0 Å². The molecule has 5 heteroatoms. The van der Waals surface area contributed by atoms with Crippen LogP contribution in [-0.2, 0) is 0 Å². The highest BCUT2D eigenvalue weighted by Gasteiger charge is 2.15. The molecule has 0 unspecified atom stereocenters. The fourth-order valence-corrected chi connectivity index (χ4v) is 1.25. The molecule has 0 saturated carbocycles. The van der Waals surface area contributed by atoms with Crippen LogP contribution in [0.15, 0.2) is 10.5 Å². The van der Waals surface area contributed by atoms with Crippen molar-refractivity contribution in [3.63, 3.8) is 0 Å². The van der Waals surface area contributed by atoms with Crippen LogP contribution in [0, 0.1) is 5.82 Å². The average molecular weight is 249 g/mol. The van der Waals surface area contributed by atoms with Crippen molar-refractivity contribution in [2.45, 2.75) is 0 Å². The first kappa shape index (κ1) is 9.98. The van der Waals surface area contributed by atoms with E-state index in [1.54, 1.807) is 0 Å². The fraction of sp³-hybridized carbons (Fsp3) is 0.125. The second-order valence-corrected chi connectivity index (χ2v) is 3.06. The SMILES string of the molecule is COc1cc(C=O)c(Br)c(F)c1O. The van der Waals surface area contributed by atoms with Crippen LogP contribution >= 0.6 is 15.9 Å². The molecule has 3 nitrogen and oxygen atoms in total. The van der Waals surface area contributed by atoms with Gasteiger partial charge in [0.2, 0.25) is 0 Å². The summed E-state index contributed by atoms with van der Waals surface area (Å²) in [6.45, 7) is 0. The molecule has 0 bridgehead atoms. The van der Waals surface area contributed by atoms with Gasteiger partial charge in [-0.15, -0.1) is 0 Å².